The van der Waals surface area contributed by atoms with Crippen LogP contribution in [-0.2, 0) is 9.59 Å². The molecule has 0 aliphatic carbocycles. The minimum absolute atomic E-state index is 0.319. The van der Waals surface area contributed by atoms with E-state index in [1.165, 1.54) is 6.21 Å². The van der Waals surface area contributed by atoms with Crippen molar-refractivity contribution in [2.75, 3.05) is 11.9 Å². The van der Waals surface area contributed by atoms with Crippen molar-refractivity contribution >= 4 is 29.7 Å². The van der Waals surface area contributed by atoms with Crippen LogP contribution in [0.1, 0.15) is 22.8 Å². The normalized spacial score (nSPS) is 10.4. The highest BCUT2D eigenvalue weighted by atomic mass is 16.5. The van der Waals surface area contributed by atoms with Crippen molar-refractivity contribution in [3.63, 3.8) is 0 Å². The molecule has 3 rings (SSSR count). The van der Waals surface area contributed by atoms with E-state index < -0.39 is 17.8 Å². The third-order valence-electron chi connectivity index (χ3n) is 4.10. The lowest BCUT2D eigenvalue weighted by atomic mass is 10.2. The van der Waals surface area contributed by atoms with E-state index in [9.17, 15) is 14.4 Å². The van der Waals surface area contributed by atoms with E-state index in [0.717, 1.165) is 0 Å². The van der Waals surface area contributed by atoms with Crippen LogP contribution in [0.5, 0.6) is 11.5 Å². The van der Waals surface area contributed by atoms with Crippen molar-refractivity contribution in [2.24, 2.45) is 5.10 Å². The summed E-state index contributed by atoms with van der Waals surface area (Å²) >= 11 is 0. The lowest BCUT2D eigenvalue weighted by Gasteiger charge is -2.10. The maximum absolute atomic E-state index is 12.2. The van der Waals surface area contributed by atoms with Gasteiger partial charge in [-0.3, -0.25) is 9.59 Å². The van der Waals surface area contributed by atoms with Crippen LogP contribution < -0.4 is 20.2 Å². The molecule has 162 valence electrons. The molecule has 0 aliphatic heterocycles. The standard InChI is InChI=1S/C24H21N3O5/c1-2-31-21-14-7-6-13-20(21)26-22(28)23(29)27-25-16-17-9-8-12-19(15-17)32-24(30)18-10-4-3-5-11-18/h3-16H,2H2,1H3,(H,26,28)(H,27,29). The molecule has 0 aliphatic rings. The number of amides is 2. The van der Waals surface area contributed by atoms with Gasteiger partial charge < -0.3 is 14.8 Å². The molecule has 0 spiro atoms. The van der Waals surface area contributed by atoms with Gasteiger partial charge in [-0.2, -0.15) is 5.10 Å². The molecule has 0 heterocycles. The molecule has 0 atom stereocenters. The molecule has 0 saturated carbocycles. The minimum Gasteiger partial charge on any atom is -0.492 e. The highest BCUT2D eigenvalue weighted by molar-refractivity contribution is 6.39. The zero-order valence-electron chi connectivity index (χ0n) is 17.3. The molecule has 0 aromatic heterocycles. The topological polar surface area (TPSA) is 106 Å². The van der Waals surface area contributed by atoms with Crippen LogP contribution in [0.25, 0.3) is 0 Å². The van der Waals surface area contributed by atoms with Gasteiger partial charge in [0.25, 0.3) is 0 Å². The Bertz CT molecular complexity index is 1130. The molecular weight excluding hydrogens is 410 g/mol. The third-order valence-corrected chi connectivity index (χ3v) is 4.10. The molecule has 0 saturated heterocycles. The Morgan fingerprint density at radius 1 is 0.906 bits per heavy atom. The Morgan fingerprint density at radius 2 is 1.66 bits per heavy atom. The summed E-state index contributed by atoms with van der Waals surface area (Å²) in [5.41, 5.74) is 3.53. The molecule has 3 aromatic rings. The lowest BCUT2D eigenvalue weighted by molar-refractivity contribution is -0.136. The number of nitrogens with zero attached hydrogens (tertiary/aromatic N) is 1. The molecule has 32 heavy (non-hydrogen) atoms. The van der Waals surface area contributed by atoms with Crippen molar-refractivity contribution in [1.82, 2.24) is 5.43 Å². The number of nitrogens with one attached hydrogen (secondary N) is 2. The molecule has 2 N–H and O–H groups in total. The maximum atomic E-state index is 12.2. The number of anilines is 1. The second-order valence-electron chi connectivity index (χ2n) is 6.41. The molecule has 0 fully saturated rings. The second-order valence-corrected chi connectivity index (χ2v) is 6.41. The molecular formula is C24H21N3O5. The van der Waals surface area contributed by atoms with E-state index in [-0.39, 0.29) is 0 Å². The lowest BCUT2D eigenvalue weighted by Crippen LogP contribution is -2.32. The van der Waals surface area contributed by atoms with Gasteiger partial charge in [0.05, 0.1) is 24.1 Å². The van der Waals surface area contributed by atoms with Crippen LogP contribution in [0.2, 0.25) is 0 Å². The summed E-state index contributed by atoms with van der Waals surface area (Å²) in [6, 6.07) is 22.0. The minimum atomic E-state index is -0.945. The van der Waals surface area contributed by atoms with Gasteiger partial charge >= 0.3 is 17.8 Å². The number of hydrogen-bond acceptors (Lipinski definition) is 6. The van der Waals surface area contributed by atoms with Crippen LogP contribution in [0, 0.1) is 0 Å². The van der Waals surface area contributed by atoms with Crippen LogP contribution in [0.4, 0.5) is 5.69 Å². The number of para-hydroxylation sites is 2. The van der Waals surface area contributed by atoms with E-state index >= 15 is 0 Å². The summed E-state index contributed by atoms with van der Waals surface area (Å²) in [5, 5.41) is 6.27. The first kappa shape index (κ1) is 22.2. The first-order valence-corrected chi connectivity index (χ1v) is 9.80. The Hall–Kier alpha value is -4.46. The van der Waals surface area contributed by atoms with Gasteiger partial charge in [0, 0.05) is 0 Å². The molecule has 0 radical (unpaired) electrons. The molecule has 8 heteroatoms. The van der Waals surface area contributed by atoms with Gasteiger partial charge in [-0.15, -0.1) is 0 Å². The van der Waals surface area contributed by atoms with Crippen LogP contribution in [0.15, 0.2) is 84.0 Å². The summed E-state index contributed by atoms with van der Waals surface area (Å²) < 4.78 is 10.8. The van der Waals surface area contributed by atoms with Gasteiger partial charge in [0.15, 0.2) is 0 Å². The summed E-state index contributed by atoms with van der Waals surface area (Å²) in [6.45, 7) is 2.24. The fourth-order valence-corrected chi connectivity index (χ4v) is 2.65. The van der Waals surface area contributed by atoms with Gasteiger partial charge in [0.1, 0.15) is 11.5 Å². The quantitative estimate of drug-likeness (QED) is 0.196. The predicted molar refractivity (Wildman–Crippen MR) is 120 cm³/mol. The van der Waals surface area contributed by atoms with E-state index in [2.05, 4.69) is 15.8 Å². The van der Waals surface area contributed by atoms with Crippen molar-refractivity contribution < 1.29 is 23.9 Å². The molecule has 8 nitrogen and oxygen atoms in total. The fourth-order valence-electron chi connectivity index (χ4n) is 2.65. The van der Waals surface area contributed by atoms with E-state index in [0.29, 0.717) is 34.9 Å². The smallest absolute Gasteiger partial charge is 0.343 e. The number of rotatable bonds is 7. The SMILES string of the molecule is CCOc1ccccc1NC(=O)C(=O)NN=Cc1cccc(OC(=O)c2ccccc2)c1. The first-order chi connectivity index (χ1) is 15.6. The number of esters is 1. The van der Waals surface area contributed by atoms with E-state index in [1.807, 2.05) is 6.92 Å². The molecule has 0 bridgehead atoms. The molecule has 2 amide bonds. The zero-order chi connectivity index (χ0) is 22.8. The van der Waals surface area contributed by atoms with Crippen LogP contribution >= 0.6 is 0 Å². The van der Waals surface area contributed by atoms with Gasteiger partial charge in [-0.1, -0.05) is 42.5 Å². The Balaban J connectivity index is 1.56. The molecule has 3 aromatic carbocycles. The molecule has 0 unspecified atom stereocenters. The average molecular weight is 431 g/mol. The van der Waals surface area contributed by atoms with Crippen molar-refractivity contribution in [1.29, 1.82) is 0 Å². The van der Waals surface area contributed by atoms with Crippen LogP contribution in [-0.4, -0.2) is 30.6 Å². The Kier molecular flexibility index (Phi) is 7.69. The van der Waals surface area contributed by atoms with E-state index in [1.54, 1.807) is 78.9 Å². The summed E-state index contributed by atoms with van der Waals surface area (Å²) in [5.74, 6) is -1.54. The zero-order valence-corrected chi connectivity index (χ0v) is 17.3. The summed E-state index contributed by atoms with van der Waals surface area (Å²) in [4.78, 5) is 36.3. The number of benzene rings is 3. The number of carbonyl (C=O) groups excluding carboxylic acids is 3. The number of hydrogen-bond donors (Lipinski definition) is 2. The first-order valence-electron chi connectivity index (χ1n) is 9.80. The second kappa shape index (κ2) is 11.1. The Labute approximate surface area is 184 Å². The van der Waals surface area contributed by atoms with Gasteiger partial charge in [-0.05, 0) is 48.9 Å². The fraction of sp³-hybridized carbons (Fsp3) is 0.0833. The van der Waals surface area contributed by atoms with Crippen LogP contribution in [0.3, 0.4) is 0 Å². The predicted octanol–water partition coefficient (Wildman–Crippen LogP) is 3.39. The van der Waals surface area contributed by atoms with Gasteiger partial charge in [-0.25, -0.2) is 10.2 Å². The highest BCUT2D eigenvalue weighted by Crippen LogP contribution is 2.23. The van der Waals surface area contributed by atoms with Crippen molar-refractivity contribution in [3.8, 4) is 11.5 Å². The maximum Gasteiger partial charge on any atom is 0.343 e. The average Bonchev–Trinajstić information content (AvgIpc) is 2.81. The van der Waals surface area contributed by atoms with Gasteiger partial charge in [0.2, 0.25) is 0 Å². The largest absolute Gasteiger partial charge is 0.492 e. The number of carbonyl (C=O) groups is 3. The Morgan fingerprint density at radius 3 is 2.44 bits per heavy atom. The summed E-state index contributed by atoms with van der Waals surface area (Å²) in [7, 11) is 0. The highest BCUT2D eigenvalue weighted by Gasteiger charge is 2.15. The monoisotopic (exact) mass is 431 g/mol. The van der Waals surface area contributed by atoms with E-state index in [4.69, 9.17) is 9.47 Å². The van der Waals surface area contributed by atoms with Crippen molar-refractivity contribution in [3.05, 3.63) is 90.0 Å². The van der Waals surface area contributed by atoms with Crippen molar-refractivity contribution in [2.45, 2.75) is 6.92 Å². The third kappa shape index (κ3) is 6.27. The number of ether oxygens (including phenoxy) is 2. The summed E-state index contributed by atoms with van der Waals surface area (Å²) in [6.07, 6.45) is 1.33. The number of hydrazone groups is 1.